The van der Waals surface area contributed by atoms with E-state index in [1.54, 1.807) is 12.1 Å². The van der Waals surface area contributed by atoms with Crippen LogP contribution >= 0.6 is 0 Å². The van der Waals surface area contributed by atoms with Crippen LogP contribution in [0.1, 0.15) is 29.6 Å². The van der Waals surface area contributed by atoms with Crippen molar-refractivity contribution >= 4 is 17.3 Å². The molecule has 0 aromatic heterocycles. The summed E-state index contributed by atoms with van der Waals surface area (Å²) in [5, 5.41) is 12.4. The van der Waals surface area contributed by atoms with Gasteiger partial charge in [0.25, 0.3) is 5.91 Å². The van der Waals surface area contributed by atoms with Crippen molar-refractivity contribution in [3.63, 3.8) is 0 Å². The zero-order valence-electron chi connectivity index (χ0n) is 11.4. The molecule has 1 aliphatic rings. The largest absolute Gasteiger partial charge is 0.399 e. The summed E-state index contributed by atoms with van der Waals surface area (Å²) in [5.74, 6) is -0.176. The van der Waals surface area contributed by atoms with Gasteiger partial charge in [-0.3, -0.25) is 4.79 Å². The number of amides is 1. The number of benzene rings is 1. The minimum absolute atomic E-state index is 0.0155. The van der Waals surface area contributed by atoms with Crippen molar-refractivity contribution in [2.24, 2.45) is 0 Å². The molecule has 5 heteroatoms. The molecule has 0 saturated heterocycles. The number of anilines is 2. The Morgan fingerprint density at radius 1 is 1.47 bits per heavy atom. The third kappa shape index (κ3) is 2.66. The SMILES string of the molecule is CN(C)c1ccc(N)cc1C(=O)NC1(CO)CCC1. The van der Waals surface area contributed by atoms with Gasteiger partial charge in [0.05, 0.1) is 17.7 Å². The molecule has 1 amide bonds. The number of nitrogen functional groups attached to an aromatic ring is 1. The summed E-state index contributed by atoms with van der Waals surface area (Å²) < 4.78 is 0. The maximum Gasteiger partial charge on any atom is 0.253 e. The van der Waals surface area contributed by atoms with E-state index in [1.165, 1.54) is 0 Å². The first-order valence-corrected chi connectivity index (χ1v) is 6.48. The molecule has 5 nitrogen and oxygen atoms in total. The van der Waals surface area contributed by atoms with E-state index < -0.39 is 5.54 Å². The van der Waals surface area contributed by atoms with Gasteiger partial charge in [-0.25, -0.2) is 0 Å². The number of carbonyl (C=O) groups is 1. The molecule has 1 aromatic carbocycles. The molecular formula is C14H21N3O2. The molecule has 104 valence electrons. The van der Waals surface area contributed by atoms with E-state index in [-0.39, 0.29) is 12.5 Å². The lowest BCUT2D eigenvalue weighted by Gasteiger charge is -2.41. The molecule has 1 fully saturated rings. The summed E-state index contributed by atoms with van der Waals surface area (Å²) in [6, 6.07) is 5.28. The highest BCUT2D eigenvalue weighted by atomic mass is 16.3. The molecule has 4 N–H and O–H groups in total. The topological polar surface area (TPSA) is 78.6 Å². The Hall–Kier alpha value is -1.75. The van der Waals surface area contributed by atoms with Crippen LogP contribution in [0.4, 0.5) is 11.4 Å². The van der Waals surface area contributed by atoms with Gasteiger partial charge in [0.15, 0.2) is 0 Å². The highest BCUT2D eigenvalue weighted by Crippen LogP contribution is 2.32. The van der Waals surface area contributed by atoms with Gasteiger partial charge in [-0.1, -0.05) is 0 Å². The number of carbonyl (C=O) groups excluding carboxylic acids is 1. The van der Waals surface area contributed by atoms with Crippen molar-refractivity contribution in [1.29, 1.82) is 0 Å². The Balaban J connectivity index is 2.25. The molecule has 0 heterocycles. The Kier molecular flexibility index (Phi) is 3.66. The molecule has 2 rings (SSSR count). The Morgan fingerprint density at radius 2 is 2.16 bits per heavy atom. The molecule has 0 radical (unpaired) electrons. The minimum Gasteiger partial charge on any atom is -0.399 e. The van der Waals surface area contributed by atoms with Crippen molar-refractivity contribution in [3.8, 4) is 0 Å². The van der Waals surface area contributed by atoms with Crippen LogP contribution in [0, 0.1) is 0 Å². The average molecular weight is 263 g/mol. The van der Waals surface area contributed by atoms with Gasteiger partial charge in [0.1, 0.15) is 0 Å². The fourth-order valence-corrected chi connectivity index (χ4v) is 2.36. The number of aliphatic hydroxyl groups excluding tert-OH is 1. The number of nitrogens with zero attached hydrogens (tertiary/aromatic N) is 1. The normalized spacial score (nSPS) is 16.6. The van der Waals surface area contributed by atoms with Crippen LogP contribution in [0.5, 0.6) is 0 Å². The third-order valence-electron chi connectivity index (χ3n) is 3.74. The lowest BCUT2D eigenvalue weighted by molar-refractivity contribution is 0.0642. The van der Waals surface area contributed by atoms with Gasteiger partial charge < -0.3 is 21.1 Å². The molecule has 1 aliphatic carbocycles. The van der Waals surface area contributed by atoms with Crippen molar-refractivity contribution in [2.45, 2.75) is 24.8 Å². The van der Waals surface area contributed by atoms with E-state index >= 15 is 0 Å². The van der Waals surface area contributed by atoms with Crippen LogP contribution in [0.25, 0.3) is 0 Å². The molecule has 0 aliphatic heterocycles. The number of hydrogen-bond acceptors (Lipinski definition) is 4. The van der Waals surface area contributed by atoms with E-state index in [1.807, 2.05) is 25.1 Å². The van der Waals surface area contributed by atoms with E-state index in [0.717, 1.165) is 24.9 Å². The predicted molar refractivity (Wildman–Crippen MR) is 76.3 cm³/mol. The number of nitrogens with two attached hydrogens (primary N) is 1. The molecular weight excluding hydrogens is 242 g/mol. The Morgan fingerprint density at radius 3 is 2.63 bits per heavy atom. The second-order valence-corrected chi connectivity index (χ2v) is 5.42. The van der Waals surface area contributed by atoms with Crippen LogP contribution < -0.4 is 16.0 Å². The lowest BCUT2D eigenvalue weighted by Crippen LogP contribution is -2.56. The van der Waals surface area contributed by atoms with Crippen LogP contribution in [0.3, 0.4) is 0 Å². The second kappa shape index (κ2) is 5.09. The summed E-state index contributed by atoms with van der Waals surface area (Å²) in [4.78, 5) is 14.3. The molecule has 19 heavy (non-hydrogen) atoms. The first kappa shape index (κ1) is 13.7. The quantitative estimate of drug-likeness (QED) is 0.708. The number of rotatable bonds is 4. The monoisotopic (exact) mass is 263 g/mol. The van der Waals surface area contributed by atoms with Crippen LogP contribution in [0.2, 0.25) is 0 Å². The molecule has 1 aromatic rings. The number of hydrogen-bond donors (Lipinski definition) is 3. The second-order valence-electron chi connectivity index (χ2n) is 5.42. The predicted octanol–water partition coefficient (Wildman–Crippen LogP) is 0.980. The molecule has 0 bridgehead atoms. The Bertz CT molecular complexity index is 476. The van der Waals surface area contributed by atoms with Crippen LogP contribution in [-0.2, 0) is 0 Å². The number of aliphatic hydroxyl groups is 1. The van der Waals surface area contributed by atoms with E-state index in [0.29, 0.717) is 11.3 Å². The highest BCUT2D eigenvalue weighted by Gasteiger charge is 2.38. The summed E-state index contributed by atoms with van der Waals surface area (Å²) in [6.45, 7) is -0.0155. The third-order valence-corrected chi connectivity index (χ3v) is 3.74. The minimum atomic E-state index is -0.439. The van der Waals surface area contributed by atoms with E-state index in [4.69, 9.17) is 5.73 Å². The zero-order valence-corrected chi connectivity index (χ0v) is 11.4. The summed E-state index contributed by atoms with van der Waals surface area (Å²) in [7, 11) is 3.76. The highest BCUT2D eigenvalue weighted by molar-refractivity contribution is 6.01. The zero-order chi connectivity index (χ0) is 14.0. The molecule has 0 spiro atoms. The molecule has 1 saturated carbocycles. The van der Waals surface area contributed by atoms with Crippen molar-refractivity contribution in [2.75, 3.05) is 31.3 Å². The van der Waals surface area contributed by atoms with E-state index in [2.05, 4.69) is 5.32 Å². The van der Waals surface area contributed by atoms with Gasteiger partial charge in [-0.2, -0.15) is 0 Å². The summed E-state index contributed by atoms with van der Waals surface area (Å²) in [5.41, 5.74) is 7.24. The van der Waals surface area contributed by atoms with Crippen molar-refractivity contribution in [3.05, 3.63) is 23.8 Å². The van der Waals surface area contributed by atoms with Crippen molar-refractivity contribution in [1.82, 2.24) is 5.32 Å². The van der Waals surface area contributed by atoms with Crippen molar-refractivity contribution < 1.29 is 9.90 Å². The van der Waals surface area contributed by atoms with Gasteiger partial charge in [-0.05, 0) is 37.5 Å². The van der Waals surface area contributed by atoms with Gasteiger partial charge in [0.2, 0.25) is 0 Å². The smallest absolute Gasteiger partial charge is 0.253 e. The summed E-state index contributed by atoms with van der Waals surface area (Å²) >= 11 is 0. The maximum atomic E-state index is 12.4. The maximum absolute atomic E-state index is 12.4. The van der Waals surface area contributed by atoms with Gasteiger partial charge in [0, 0.05) is 25.5 Å². The van der Waals surface area contributed by atoms with Crippen LogP contribution in [-0.4, -0.2) is 37.3 Å². The first-order chi connectivity index (χ1) is 8.97. The first-order valence-electron chi connectivity index (χ1n) is 6.48. The van der Waals surface area contributed by atoms with Gasteiger partial charge in [-0.15, -0.1) is 0 Å². The molecule has 0 unspecified atom stereocenters. The van der Waals surface area contributed by atoms with Gasteiger partial charge >= 0.3 is 0 Å². The van der Waals surface area contributed by atoms with E-state index in [9.17, 15) is 9.90 Å². The number of nitrogens with one attached hydrogen (secondary N) is 1. The standard InChI is InChI=1S/C14H21N3O2/c1-17(2)12-5-4-10(15)8-11(12)13(19)16-14(9-18)6-3-7-14/h4-5,8,18H,3,6-7,9,15H2,1-2H3,(H,16,19). The Labute approximate surface area is 113 Å². The average Bonchev–Trinajstić information content (AvgIpc) is 2.33. The lowest BCUT2D eigenvalue weighted by atomic mass is 9.77. The fraction of sp³-hybridized carbons (Fsp3) is 0.500. The fourth-order valence-electron chi connectivity index (χ4n) is 2.36. The summed E-state index contributed by atoms with van der Waals surface area (Å²) in [6.07, 6.45) is 2.70. The molecule has 0 atom stereocenters. The van der Waals surface area contributed by atoms with Crippen LogP contribution in [0.15, 0.2) is 18.2 Å².